The predicted octanol–water partition coefficient (Wildman–Crippen LogP) is 11.3. The average molecular weight is 832 g/mol. The van der Waals surface area contributed by atoms with Crippen molar-refractivity contribution in [3.63, 3.8) is 0 Å². The van der Waals surface area contributed by atoms with Gasteiger partial charge in [-0.1, -0.05) is 167 Å². The molecule has 0 aliphatic carbocycles. The average Bonchev–Trinajstić information content (AvgIpc) is 3.21. The molecule has 8 nitrogen and oxygen atoms in total. The molecule has 60 heavy (non-hydrogen) atoms. The van der Waals surface area contributed by atoms with E-state index in [0.717, 1.165) is 70.6 Å². The van der Waals surface area contributed by atoms with Crippen LogP contribution in [-0.4, -0.2) is 75.5 Å². The van der Waals surface area contributed by atoms with Crippen LogP contribution in [0.1, 0.15) is 136 Å². The van der Waals surface area contributed by atoms with Crippen molar-refractivity contribution in [2.45, 2.75) is 148 Å². The highest BCUT2D eigenvalue weighted by atomic mass is 16.6. The number of hydrogen-bond acceptors (Lipinski definition) is 7. The first-order valence-electron chi connectivity index (χ1n) is 22.6. The molecule has 0 amide bonds. The number of allylic oxidation sites excluding steroid dienone is 20. The van der Waals surface area contributed by atoms with Crippen molar-refractivity contribution in [3.8, 4) is 0 Å². The van der Waals surface area contributed by atoms with Crippen molar-refractivity contribution in [1.82, 2.24) is 0 Å². The number of ether oxygens (including phenoxy) is 3. The molecule has 0 aliphatic rings. The number of rotatable bonds is 38. The molecular formula is C52H81NO7. The molecule has 0 saturated carbocycles. The van der Waals surface area contributed by atoms with Crippen LogP contribution in [0.5, 0.6) is 0 Å². The molecule has 0 N–H and O–H groups in total. The third-order valence-electron chi connectivity index (χ3n) is 9.22. The summed E-state index contributed by atoms with van der Waals surface area (Å²) >= 11 is 0. The number of unbranched alkanes of at least 4 members (excludes halogenated alkanes) is 8. The number of carbonyl (C=O) groups excluding carboxylic acids is 3. The molecule has 8 heteroatoms. The van der Waals surface area contributed by atoms with Gasteiger partial charge in [0, 0.05) is 19.3 Å². The first kappa shape index (κ1) is 55.7. The molecule has 0 rings (SSSR count). The zero-order chi connectivity index (χ0) is 44.2. The van der Waals surface area contributed by atoms with Crippen LogP contribution in [-0.2, 0) is 28.6 Å². The molecule has 2 unspecified atom stereocenters. The van der Waals surface area contributed by atoms with Gasteiger partial charge < -0.3 is 28.6 Å². The summed E-state index contributed by atoms with van der Waals surface area (Å²) in [4.78, 5) is 36.8. The maximum absolute atomic E-state index is 12.7. The quantitative estimate of drug-likeness (QED) is 0.0201. The molecule has 0 bridgehead atoms. The van der Waals surface area contributed by atoms with Gasteiger partial charge in [-0.05, 0) is 70.6 Å². The second-order valence-corrected chi connectivity index (χ2v) is 15.6. The Morgan fingerprint density at radius 1 is 0.517 bits per heavy atom. The lowest BCUT2D eigenvalue weighted by Gasteiger charge is -2.34. The molecule has 336 valence electrons. The monoisotopic (exact) mass is 832 g/mol. The molecule has 0 saturated heterocycles. The maximum Gasteiger partial charge on any atom is 0.306 e. The van der Waals surface area contributed by atoms with E-state index < -0.39 is 24.1 Å². The van der Waals surface area contributed by atoms with E-state index in [9.17, 15) is 19.5 Å². The van der Waals surface area contributed by atoms with Crippen LogP contribution in [0.2, 0.25) is 0 Å². The first-order valence-corrected chi connectivity index (χ1v) is 22.6. The number of carboxylic acids is 1. The summed E-state index contributed by atoms with van der Waals surface area (Å²) in [6, 6.07) is -0.748. The number of nitrogens with zero attached hydrogens (tertiary/aromatic N) is 1. The second-order valence-electron chi connectivity index (χ2n) is 15.6. The molecule has 2 atom stereocenters. The van der Waals surface area contributed by atoms with Crippen LogP contribution in [0, 0.1) is 0 Å². The molecular weight excluding hydrogens is 751 g/mol. The summed E-state index contributed by atoms with van der Waals surface area (Å²) in [5.74, 6) is -1.87. The lowest BCUT2D eigenvalue weighted by molar-refractivity contribution is -0.889. The topological polar surface area (TPSA) is 102 Å². The molecule has 0 heterocycles. The van der Waals surface area contributed by atoms with E-state index in [1.165, 1.54) is 19.3 Å². The van der Waals surface area contributed by atoms with Crippen LogP contribution in [0.4, 0.5) is 0 Å². The Hall–Kier alpha value is -4.27. The molecule has 0 aromatic rings. The Kier molecular flexibility index (Phi) is 38.5. The second kappa shape index (κ2) is 41.5. The van der Waals surface area contributed by atoms with Gasteiger partial charge in [0.05, 0.1) is 40.3 Å². The Bertz CT molecular complexity index is 1390. The summed E-state index contributed by atoms with van der Waals surface area (Å²) in [7, 11) is 5.36. The van der Waals surface area contributed by atoms with Crippen molar-refractivity contribution in [3.05, 3.63) is 122 Å². The van der Waals surface area contributed by atoms with Crippen LogP contribution in [0.25, 0.3) is 0 Å². The largest absolute Gasteiger partial charge is 0.544 e. The van der Waals surface area contributed by atoms with Crippen molar-refractivity contribution in [2.75, 3.05) is 41.0 Å². The summed E-state index contributed by atoms with van der Waals surface area (Å²) in [5, 5.41) is 11.6. The Balaban J connectivity index is 4.39. The number of carboxylic acid groups (broad SMARTS) is 1. The highest BCUT2D eigenvalue weighted by Gasteiger charge is 2.25. The first-order chi connectivity index (χ1) is 29.1. The zero-order valence-corrected chi connectivity index (χ0v) is 38.1. The molecule has 0 aliphatic heterocycles. The van der Waals surface area contributed by atoms with Crippen molar-refractivity contribution < 1.29 is 38.2 Å². The molecule has 0 radical (unpaired) electrons. The van der Waals surface area contributed by atoms with Gasteiger partial charge in [-0.2, -0.15) is 0 Å². The minimum Gasteiger partial charge on any atom is -0.544 e. The standard InChI is InChI=1S/C52H81NO7/c1-6-8-10-12-14-16-18-20-21-22-23-24-25-26-27-28-29-31-32-34-36-38-40-42-50(54)59-47-48(46-58-45-44-49(52(56)57)53(3,4)5)60-51(55)43-41-39-37-35-33-30-19-17-15-13-11-9-7-2/h8-11,13-17,19-21,23-24,26-27,30,33,35,37,48-49H,6-7,12,18,22,25,28-29,31-32,34,36,38-47H2,1-5H3/b10-8+,11-9+,15-13+,16-14+,19-17+,21-20+,24-23+,27-26+,33-30+,37-35+. The highest BCUT2D eigenvalue weighted by Crippen LogP contribution is 2.12. The van der Waals surface area contributed by atoms with Gasteiger partial charge in [0.1, 0.15) is 12.6 Å². The summed E-state index contributed by atoms with van der Waals surface area (Å²) < 4.78 is 17.1. The molecule has 0 aromatic heterocycles. The van der Waals surface area contributed by atoms with E-state index in [4.69, 9.17) is 14.2 Å². The lowest BCUT2D eigenvalue weighted by Crippen LogP contribution is -2.55. The smallest absolute Gasteiger partial charge is 0.306 e. The number of quaternary nitrogens is 1. The van der Waals surface area contributed by atoms with Gasteiger partial charge in [-0.3, -0.25) is 9.59 Å². The van der Waals surface area contributed by atoms with Gasteiger partial charge >= 0.3 is 11.9 Å². The molecule has 0 aromatic carbocycles. The fourth-order valence-electron chi connectivity index (χ4n) is 5.77. The highest BCUT2D eigenvalue weighted by molar-refractivity contribution is 5.70. The SMILES string of the molecule is CC/C=C/C=C/C=C/C=C/C=C/CCCC(=O)OC(COCCC(C(=O)[O-])[N+](C)(C)C)COC(=O)CCCCCCCCC/C=C/C/C=C/C/C=C/C/C=C/C/C=C/CC. The van der Waals surface area contributed by atoms with E-state index in [1.54, 1.807) is 21.1 Å². The predicted molar refractivity (Wildman–Crippen MR) is 249 cm³/mol. The van der Waals surface area contributed by atoms with Gasteiger partial charge in [0.2, 0.25) is 0 Å². The number of likely N-dealkylation sites (N-methyl/N-ethyl adjacent to an activating group) is 1. The Labute approximate surface area is 365 Å². The normalized spacial score (nSPS) is 14.1. The number of aliphatic carboxylic acids is 1. The lowest BCUT2D eigenvalue weighted by atomic mass is 10.1. The van der Waals surface area contributed by atoms with E-state index in [0.29, 0.717) is 19.3 Å². The number of carbonyl (C=O) groups is 3. The van der Waals surface area contributed by atoms with Gasteiger partial charge in [-0.25, -0.2) is 0 Å². The van der Waals surface area contributed by atoms with Crippen LogP contribution in [0.15, 0.2) is 122 Å². The van der Waals surface area contributed by atoms with E-state index in [2.05, 4.69) is 80.7 Å². The van der Waals surface area contributed by atoms with Crippen molar-refractivity contribution >= 4 is 17.9 Å². The van der Waals surface area contributed by atoms with Crippen molar-refractivity contribution in [1.29, 1.82) is 0 Å². The van der Waals surface area contributed by atoms with Crippen LogP contribution < -0.4 is 5.11 Å². The van der Waals surface area contributed by atoms with Gasteiger partial charge in [0.25, 0.3) is 0 Å². The molecule has 0 fully saturated rings. The van der Waals surface area contributed by atoms with E-state index >= 15 is 0 Å². The fourth-order valence-corrected chi connectivity index (χ4v) is 5.77. The van der Waals surface area contributed by atoms with Gasteiger partial charge in [0.15, 0.2) is 6.10 Å². The Morgan fingerprint density at radius 3 is 1.53 bits per heavy atom. The van der Waals surface area contributed by atoms with E-state index in [-0.39, 0.29) is 43.1 Å². The van der Waals surface area contributed by atoms with Crippen LogP contribution >= 0.6 is 0 Å². The summed E-state index contributed by atoms with van der Waals surface area (Å²) in [6.45, 7) is 4.28. The van der Waals surface area contributed by atoms with E-state index in [1.807, 2.05) is 54.7 Å². The summed E-state index contributed by atoms with van der Waals surface area (Å²) in [5.41, 5.74) is 0. The Morgan fingerprint density at radius 2 is 0.983 bits per heavy atom. The minimum absolute atomic E-state index is 0.000689. The third-order valence-corrected chi connectivity index (χ3v) is 9.22. The number of esters is 2. The zero-order valence-electron chi connectivity index (χ0n) is 38.1. The molecule has 0 spiro atoms. The minimum atomic E-state index is -1.14. The number of hydrogen-bond donors (Lipinski definition) is 0. The third kappa shape index (κ3) is 39.2. The maximum atomic E-state index is 12.7. The van der Waals surface area contributed by atoms with Gasteiger partial charge in [-0.15, -0.1) is 0 Å². The van der Waals surface area contributed by atoms with Crippen LogP contribution in [0.3, 0.4) is 0 Å². The fraction of sp³-hybridized carbons (Fsp3) is 0.558. The summed E-state index contributed by atoms with van der Waals surface area (Å²) in [6.07, 6.45) is 58.1. The van der Waals surface area contributed by atoms with Crippen molar-refractivity contribution in [2.24, 2.45) is 0 Å².